The molecule has 0 aliphatic rings. The maximum Gasteiger partial charge on any atom is 0.290 e. The first-order chi connectivity index (χ1) is 9.95. The van der Waals surface area contributed by atoms with E-state index in [0.29, 0.717) is 29.3 Å². The minimum Gasteiger partial charge on any atom is -0.451 e. The van der Waals surface area contributed by atoms with E-state index in [-0.39, 0.29) is 18.6 Å². The fourth-order valence-corrected chi connectivity index (χ4v) is 2.53. The molecule has 1 aromatic heterocycles. The van der Waals surface area contributed by atoms with Gasteiger partial charge >= 0.3 is 0 Å². The van der Waals surface area contributed by atoms with Gasteiger partial charge in [-0.1, -0.05) is 11.6 Å². The van der Waals surface area contributed by atoms with Gasteiger partial charge in [0.15, 0.2) is 5.76 Å². The van der Waals surface area contributed by atoms with Crippen LogP contribution in [0.25, 0.3) is 11.0 Å². The van der Waals surface area contributed by atoms with Gasteiger partial charge in [0.05, 0.1) is 0 Å². The number of aliphatic hydroxyl groups is 1. The molecule has 1 heterocycles. The number of benzene rings is 1. The number of halogens is 1. The first kappa shape index (κ1) is 15.9. The summed E-state index contributed by atoms with van der Waals surface area (Å²) in [7, 11) is 0. The summed E-state index contributed by atoms with van der Waals surface area (Å²) >= 11 is 6.00. The van der Waals surface area contributed by atoms with Crippen LogP contribution in [0, 0.1) is 6.92 Å². The monoisotopic (exact) mass is 309 g/mol. The smallest absolute Gasteiger partial charge is 0.290 e. The van der Waals surface area contributed by atoms with Crippen LogP contribution in [0.3, 0.4) is 0 Å². The Morgan fingerprint density at radius 1 is 1.43 bits per heavy atom. The van der Waals surface area contributed by atoms with Gasteiger partial charge in [0, 0.05) is 35.2 Å². The average Bonchev–Trinajstić information content (AvgIpc) is 2.76. The summed E-state index contributed by atoms with van der Waals surface area (Å²) < 4.78 is 5.71. The van der Waals surface area contributed by atoms with Crippen molar-refractivity contribution in [2.45, 2.75) is 33.2 Å². The lowest BCUT2D eigenvalue weighted by atomic mass is 10.1. The van der Waals surface area contributed by atoms with Gasteiger partial charge in [0.1, 0.15) is 5.58 Å². The van der Waals surface area contributed by atoms with Crippen LogP contribution in [-0.4, -0.2) is 35.1 Å². The molecule has 0 spiro atoms. The van der Waals surface area contributed by atoms with Crippen LogP contribution in [0.5, 0.6) is 0 Å². The van der Waals surface area contributed by atoms with Gasteiger partial charge < -0.3 is 14.4 Å². The second kappa shape index (κ2) is 6.50. The number of hydrogen-bond donors (Lipinski definition) is 1. The summed E-state index contributed by atoms with van der Waals surface area (Å²) in [5, 5.41) is 10.4. The molecule has 0 bridgehead atoms. The van der Waals surface area contributed by atoms with Gasteiger partial charge in [-0.25, -0.2) is 0 Å². The zero-order valence-corrected chi connectivity index (χ0v) is 13.3. The molecular weight excluding hydrogens is 290 g/mol. The van der Waals surface area contributed by atoms with E-state index in [4.69, 9.17) is 21.1 Å². The minimum atomic E-state index is -0.150. The molecule has 4 nitrogen and oxygen atoms in total. The second-order valence-electron chi connectivity index (χ2n) is 5.37. The van der Waals surface area contributed by atoms with E-state index in [1.165, 1.54) is 0 Å². The van der Waals surface area contributed by atoms with Crippen molar-refractivity contribution in [3.8, 4) is 0 Å². The summed E-state index contributed by atoms with van der Waals surface area (Å²) in [6.45, 7) is 6.32. The van der Waals surface area contributed by atoms with Crippen LogP contribution in [0.4, 0.5) is 0 Å². The van der Waals surface area contributed by atoms with Gasteiger partial charge in [0.2, 0.25) is 0 Å². The topological polar surface area (TPSA) is 53.7 Å². The molecule has 1 amide bonds. The fraction of sp³-hybridized carbons (Fsp3) is 0.438. The maximum absolute atomic E-state index is 12.7. The summed E-state index contributed by atoms with van der Waals surface area (Å²) in [5.41, 5.74) is 1.46. The molecule has 114 valence electrons. The fourth-order valence-electron chi connectivity index (χ4n) is 2.36. The summed E-state index contributed by atoms with van der Waals surface area (Å²) in [5.74, 6) is 0.196. The number of aryl methyl sites for hydroxylation is 1. The molecule has 0 saturated carbocycles. The predicted molar refractivity (Wildman–Crippen MR) is 83.8 cm³/mol. The highest BCUT2D eigenvalue weighted by Crippen LogP contribution is 2.29. The zero-order valence-electron chi connectivity index (χ0n) is 12.5. The van der Waals surface area contributed by atoms with E-state index in [1.807, 2.05) is 20.8 Å². The Bertz CT molecular complexity index is 648. The predicted octanol–water partition coefficient (Wildman–Crippen LogP) is 3.63. The first-order valence-corrected chi connectivity index (χ1v) is 7.44. The van der Waals surface area contributed by atoms with Crippen LogP contribution in [0.2, 0.25) is 5.02 Å². The maximum atomic E-state index is 12.7. The highest BCUT2D eigenvalue weighted by atomic mass is 35.5. The van der Waals surface area contributed by atoms with Crippen LogP contribution in [0.1, 0.15) is 36.4 Å². The minimum absolute atomic E-state index is 0.0419. The number of hydrogen-bond acceptors (Lipinski definition) is 3. The van der Waals surface area contributed by atoms with E-state index < -0.39 is 0 Å². The summed E-state index contributed by atoms with van der Waals surface area (Å²) in [6.07, 6.45) is 0.551. The molecule has 0 radical (unpaired) electrons. The molecule has 0 aliphatic heterocycles. The van der Waals surface area contributed by atoms with Crippen LogP contribution in [0.15, 0.2) is 22.6 Å². The van der Waals surface area contributed by atoms with Crippen molar-refractivity contribution in [1.82, 2.24) is 4.90 Å². The molecule has 0 aliphatic carbocycles. The molecule has 21 heavy (non-hydrogen) atoms. The van der Waals surface area contributed by atoms with Gasteiger partial charge in [0.25, 0.3) is 5.91 Å². The van der Waals surface area contributed by atoms with Gasteiger partial charge in [-0.15, -0.1) is 0 Å². The molecule has 0 atom stereocenters. The number of furan rings is 1. The number of aliphatic hydroxyl groups excluding tert-OH is 1. The highest BCUT2D eigenvalue weighted by Gasteiger charge is 2.24. The number of fused-ring (bicyclic) bond motifs is 1. The van der Waals surface area contributed by atoms with Crippen LogP contribution < -0.4 is 0 Å². The lowest BCUT2D eigenvalue weighted by Crippen LogP contribution is -2.38. The Balaban J connectivity index is 2.39. The van der Waals surface area contributed by atoms with Crippen molar-refractivity contribution in [3.63, 3.8) is 0 Å². The SMILES string of the molecule is Cc1c(C(=O)N(CCCO)C(C)C)oc2ccc(Cl)cc12. The Hall–Kier alpha value is -1.52. The van der Waals surface area contributed by atoms with Crippen molar-refractivity contribution < 1.29 is 14.3 Å². The Labute approximate surface area is 129 Å². The molecule has 0 fully saturated rings. The Morgan fingerprint density at radius 2 is 2.14 bits per heavy atom. The number of rotatable bonds is 5. The van der Waals surface area contributed by atoms with E-state index in [9.17, 15) is 4.79 Å². The number of amides is 1. The normalized spacial score (nSPS) is 11.3. The Morgan fingerprint density at radius 3 is 2.76 bits per heavy atom. The van der Waals surface area contributed by atoms with Crippen molar-refractivity contribution in [2.24, 2.45) is 0 Å². The summed E-state index contributed by atoms with van der Waals surface area (Å²) in [6, 6.07) is 5.36. The molecule has 0 saturated heterocycles. The molecule has 1 N–H and O–H groups in total. The molecule has 2 rings (SSSR count). The standard InChI is InChI=1S/C16H20ClNO3/c1-10(2)18(7-4-8-19)16(20)15-11(3)13-9-12(17)5-6-14(13)21-15/h5-6,9-10,19H,4,7-8H2,1-3H3. The Kier molecular flexibility index (Phi) is 4.91. The van der Waals surface area contributed by atoms with E-state index in [0.717, 1.165) is 10.9 Å². The molecule has 1 aromatic carbocycles. The number of nitrogens with zero attached hydrogens (tertiary/aromatic N) is 1. The van der Waals surface area contributed by atoms with Crippen molar-refractivity contribution in [3.05, 3.63) is 34.5 Å². The van der Waals surface area contributed by atoms with Gasteiger partial charge in [-0.3, -0.25) is 4.79 Å². The largest absolute Gasteiger partial charge is 0.451 e. The van der Waals surface area contributed by atoms with Gasteiger partial charge in [-0.2, -0.15) is 0 Å². The molecule has 5 heteroatoms. The third-order valence-corrected chi connectivity index (χ3v) is 3.77. The highest BCUT2D eigenvalue weighted by molar-refractivity contribution is 6.31. The lowest BCUT2D eigenvalue weighted by molar-refractivity contribution is 0.0662. The molecular formula is C16H20ClNO3. The van der Waals surface area contributed by atoms with E-state index >= 15 is 0 Å². The van der Waals surface area contributed by atoms with Crippen LogP contribution in [-0.2, 0) is 0 Å². The van der Waals surface area contributed by atoms with Crippen molar-refractivity contribution in [1.29, 1.82) is 0 Å². The van der Waals surface area contributed by atoms with Crippen molar-refractivity contribution in [2.75, 3.05) is 13.2 Å². The van der Waals surface area contributed by atoms with Gasteiger partial charge in [-0.05, 0) is 45.4 Å². The third kappa shape index (κ3) is 3.22. The average molecular weight is 310 g/mol. The zero-order chi connectivity index (χ0) is 15.6. The van der Waals surface area contributed by atoms with E-state index in [1.54, 1.807) is 23.1 Å². The number of carbonyl (C=O) groups is 1. The first-order valence-electron chi connectivity index (χ1n) is 7.06. The third-order valence-electron chi connectivity index (χ3n) is 3.53. The van der Waals surface area contributed by atoms with E-state index in [2.05, 4.69) is 0 Å². The van der Waals surface area contributed by atoms with Crippen LogP contribution >= 0.6 is 11.6 Å². The lowest BCUT2D eigenvalue weighted by Gasteiger charge is -2.25. The number of carbonyl (C=O) groups excluding carboxylic acids is 1. The quantitative estimate of drug-likeness (QED) is 0.917. The van der Waals surface area contributed by atoms with Crippen molar-refractivity contribution >= 4 is 28.5 Å². The second-order valence-corrected chi connectivity index (χ2v) is 5.80. The molecule has 0 unspecified atom stereocenters. The molecule has 2 aromatic rings. The summed E-state index contributed by atoms with van der Waals surface area (Å²) in [4.78, 5) is 14.4.